The van der Waals surface area contributed by atoms with Crippen molar-refractivity contribution in [1.29, 1.82) is 0 Å². The van der Waals surface area contributed by atoms with Gasteiger partial charge in [0.15, 0.2) is 5.69 Å². The van der Waals surface area contributed by atoms with Gasteiger partial charge in [0.1, 0.15) is 5.56 Å². The maximum Gasteiger partial charge on any atom is 0.426 e. The lowest BCUT2D eigenvalue weighted by Crippen LogP contribution is -2.42. The topological polar surface area (TPSA) is 120 Å². The quantitative estimate of drug-likeness (QED) is 0.418. The molecule has 2 N–H and O–H groups in total. The number of benzene rings is 1. The predicted octanol–water partition coefficient (Wildman–Crippen LogP) is 5.24. The van der Waals surface area contributed by atoms with E-state index in [-0.39, 0.29) is 0 Å². The highest BCUT2D eigenvalue weighted by Crippen LogP contribution is 2.44. The van der Waals surface area contributed by atoms with Crippen molar-refractivity contribution in [3.63, 3.8) is 0 Å². The first-order valence-electron chi connectivity index (χ1n) is 9.51. The molecule has 35 heavy (non-hydrogen) atoms. The minimum absolute atomic E-state index is 0.341. The normalized spacial score (nSPS) is 13.8. The summed E-state index contributed by atoms with van der Waals surface area (Å²) in [5, 5.41) is 17.4. The summed E-state index contributed by atoms with van der Waals surface area (Å²) in [5.41, 5.74) is -5.63. The Labute approximate surface area is 192 Å². The molecule has 3 rings (SSSR count). The third-order valence-corrected chi connectivity index (χ3v) is 4.67. The van der Waals surface area contributed by atoms with E-state index >= 15 is 0 Å². The van der Waals surface area contributed by atoms with E-state index in [9.17, 15) is 31.1 Å². The lowest BCUT2D eigenvalue weighted by atomic mass is 10.1. The van der Waals surface area contributed by atoms with Crippen LogP contribution in [0.5, 0.6) is 5.88 Å². The van der Waals surface area contributed by atoms with Crippen molar-refractivity contribution in [2.75, 3.05) is 12.4 Å². The first-order chi connectivity index (χ1) is 16.3. The van der Waals surface area contributed by atoms with Crippen molar-refractivity contribution in [3.05, 3.63) is 53.4 Å². The summed E-state index contributed by atoms with van der Waals surface area (Å²) in [6.45, 7) is 0.136. The molecule has 2 heterocycles. The van der Waals surface area contributed by atoms with Gasteiger partial charge in [-0.2, -0.15) is 26.3 Å². The molecule has 15 heteroatoms. The van der Waals surface area contributed by atoms with E-state index in [0.717, 1.165) is 7.11 Å². The van der Waals surface area contributed by atoms with Gasteiger partial charge in [0, 0.05) is 0 Å². The molecular weight excluding hydrogens is 490 g/mol. The summed E-state index contributed by atoms with van der Waals surface area (Å²) in [5.74, 6) is -2.89. The van der Waals surface area contributed by atoms with Gasteiger partial charge in [-0.05, 0) is 18.6 Å². The van der Waals surface area contributed by atoms with Crippen molar-refractivity contribution in [2.45, 2.75) is 31.5 Å². The summed E-state index contributed by atoms with van der Waals surface area (Å²) >= 11 is 0. The van der Waals surface area contributed by atoms with Crippen LogP contribution >= 0.6 is 0 Å². The van der Waals surface area contributed by atoms with Gasteiger partial charge in [-0.15, -0.1) is 10.2 Å². The standard InChI is InChI=1S/C20H16F6N4O5/c1-18(20(24,25)26,34-9-10-6-4-3-5-7-10)16-30-29-15(35-16)13-12(27-17(31)32)8-11(19(21,22)23)14(28-13)33-2/h3-8,27H,9H2,1-2H3,(H,31,32). The van der Waals surface area contributed by atoms with Crippen LogP contribution < -0.4 is 10.1 Å². The van der Waals surface area contributed by atoms with Crippen LogP contribution in [0, 0.1) is 0 Å². The second kappa shape index (κ2) is 9.40. The molecule has 0 fully saturated rings. The number of rotatable bonds is 7. The number of aromatic nitrogens is 3. The second-order valence-corrected chi connectivity index (χ2v) is 7.09. The van der Waals surface area contributed by atoms with Gasteiger partial charge >= 0.3 is 18.4 Å². The van der Waals surface area contributed by atoms with Crippen molar-refractivity contribution in [2.24, 2.45) is 0 Å². The molecule has 2 aromatic heterocycles. The Balaban J connectivity index is 2.08. The molecule has 0 aliphatic rings. The lowest BCUT2D eigenvalue weighted by Gasteiger charge is -2.28. The fourth-order valence-corrected chi connectivity index (χ4v) is 2.81. The zero-order valence-corrected chi connectivity index (χ0v) is 17.9. The maximum absolute atomic E-state index is 14.0. The number of halogens is 6. The van der Waals surface area contributed by atoms with Gasteiger partial charge in [-0.25, -0.2) is 9.78 Å². The van der Waals surface area contributed by atoms with Crippen LogP contribution in [0.1, 0.15) is 23.9 Å². The van der Waals surface area contributed by atoms with Crippen molar-refractivity contribution < 1.29 is 50.1 Å². The van der Waals surface area contributed by atoms with Crippen molar-refractivity contribution in [3.8, 4) is 17.5 Å². The highest BCUT2D eigenvalue weighted by atomic mass is 19.4. The number of carboxylic acid groups (broad SMARTS) is 1. The lowest BCUT2D eigenvalue weighted by molar-refractivity contribution is -0.289. The molecule has 0 radical (unpaired) electrons. The van der Waals surface area contributed by atoms with Gasteiger partial charge in [0.05, 0.1) is 19.4 Å². The van der Waals surface area contributed by atoms with Crippen molar-refractivity contribution in [1.82, 2.24) is 15.2 Å². The highest BCUT2D eigenvalue weighted by Gasteiger charge is 2.58. The van der Waals surface area contributed by atoms with Gasteiger partial charge < -0.3 is 19.0 Å². The smallest absolute Gasteiger partial charge is 0.426 e. The number of methoxy groups -OCH3 is 1. The molecule has 1 aromatic carbocycles. The maximum atomic E-state index is 14.0. The number of pyridine rings is 1. The van der Waals surface area contributed by atoms with E-state index in [1.165, 1.54) is 12.1 Å². The summed E-state index contributed by atoms with van der Waals surface area (Å²) in [6.07, 6.45) is -11.8. The van der Waals surface area contributed by atoms with E-state index in [0.29, 0.717) is 18.6 Å². The number of amides is 1. The van der Waals surface area contributed by atoms with Crippen LogP contribution in [-0.2, 0) is 23.1 Å². The molecule has 0 saturated heterocycles. The minimum atomic E-state index is -5.06. The molecule has 3 aromatic rings. The number of anilines is 1. The molecule has 0 saturated carbocycles. The van der Waals surface area contributed by atoms with E-state index in [4.69, 9.17) is 14.3 Å². The first kappa shape index (κ1) is 25.7. The zero-order valence-electron chi connectivity index (χ0n) is 17.9. The minimum Gasteiger partial charge on any atom is -0.481 e. The molecule has 1 unspecified atom stereocenters. The van der Waals surface area contributed by atoms with Gasteiger partial charge in [0.2, 0.25) is 11.5 Å². The first-order valence-corrected chi connectivity index (χ1v) is 9.51. The number of nitrogens with zero attached hydrogens (tertiary/aromatic N) is 3. The Kier molecular flexibility index (Phi) is 6.91. The third kappa shape index (κ3) is 5.45. The van der Waals surface area contributed by atoms with E-state index in [2.05, 4.69) is 19.9 Å². The summed E-state index contributed by atoms with van der Waals surface area (Å²) < 4.78 is 96.6. The van der Waals surface area contributed by atoms with Crippen LogP contribution in [0.3, 0.4) is 0 Å². The monoisotopic (exact) mass is 506 g/mol. The van der Waals surface area contributed by atoms with Crippen LogP contribution in [0.25, 0.3) is 11.6 Å². The second-order valence-electron chi connectivity index (χ2n) is 7.09. The largest absolute Gasteiger partial charge is 0.481 e. The average molecular weight is 506 g/mol. The Bertz CT molecular complexity index is 1200. The molecule has 1 amide bonds. The third-order valence-electron chi connectivity index (χ3n) is 4.67. The van der Waals surface area contributed by atoms with Crippen LogP contribution in [0.4, 0.5) is 36.8 Å². The number of hydrogen-bond donors (Lipinski definition) is 2. The number of ether oxygens (including phenoxy) is 2. The molecular formula is C20H16F6N4O5. The molecule has 0 spiro atoms. The van der Waals surface area contributed by atoms with Crippen molar-refractivity contribution >= 4 is 11.8 Å². The number of alkyl halides is 6. The fourth-order valence-electron chi connectivity index (χ4n) is 2.81. The van der Waals surface area contributed by atoms with Gasteiger partial charge in [0.25, 0.3) is 11.8 Å². The summed E-state index contributed by atoms with van der Waals surface area (Å²) in [7, 11) is 0.864. The molecule has 0 aliphatic carbocycles. The molecule has 0 aliphatic heterocycles. The van der Waals surface area contributed by atoms with E-state index < -0.39 is 65.3 Å². The number of hydrogen-bond acceptors (Lipinski definition) is 7. The van der Waals surface area contributed by atoms with Crippen LogP contribution in [0.2, 0.25) is 0 Å². The van der Waals surface area contributed by atoms with Gasteiger partial charge in [-0.3, -0.25) is 5.32 Å². The Morgan fingerprint density at radius 3 is 2.31 bits per heavy atom. The Morgan fingerprint density at radius 2 is 1.77 bits per heavy atom. The summed E-state index contributed by atoms with van der Waals surface area (Å²) in [6, 6.07) is 8.24. The number of carbonyl (C=O) groups is 1. The molecule has 1 atom stereocenters. The Morgan fingerprint density at radius 1 is 1.11 bits per heavy atom. The van der Waals surface area contributed by atoms with E-state index in [1.54, 1.807) is 23.5 Å². The van der Waals surface area contributed by atoms with Crippen LogP contribution in [-0.4, -0.2) is 39.7 Å². The Hall–Kier alpha value is -3.88. The van der Waals surface area contributed by atoms with Crippen LogP contribution in [0.15, 0.2) is 40.8 Å². The SMILES string of the molecule is COc1nc(-c2nnc(C(C)(OCc3ccccc3)C(F)(F)F)o2)c(NC(=O)O)cc1C(F)(F)F. The van der Waals surface area contributed by atoms with E-state index in [1.807, 2.05) is 0 Å². The van der Waals surface area contributed by atoms with Gasteiger partial charge in [-0.1, -0.05) is 30.3 Å². The zero-order chi connectivity index (χ0) is 26.0. The fraction of sp³-hybridized carbons (Fsp3) is 0.300. The highest BCUT2D eigenvalue weighted by molar-refractivity contribution is 5.88. The molecule has 188 valence electrons. The molecule has 9 nitrogen and oxygen atoms in total. The summed E-state index contributed by atoms with van der Waals surface area (Å²) in [4.78, 5) is 14.6. The molecule has 0 bridgehead atoms. The average Bonchev–Trinajstić information content (AvgIpc) is 3.26. The number of nitrogens with one attached hydrogen (secondary N) is 1. The predicted molar refractivity (Wildman–Crippen MR) is 105 cm³/mol.